The number of rotatable bonds is 4. The molecule has 1 heterocycles. The summed E-state index contributed by atoms with van der Waals surface area (Å²) in [4.78, 5) is 14.4. The van der Waals surface area contributed by atoms with Gasteiger partial charge in [-0.1, -0.05) is 6.07 Å². The van der Waals surface area contributed by atoms with Crippen molar-refractivity contribution < 1.29 is 9.90 Å². The Bertz CT molecular complexity index is 282. The molecule has 70 valence electrons. The first-order valence-corrected chi connectivity index (χ1v) is 4.08. The maximum absolute atomic E-state index is 10.3. The van der Waals surface area contributed by atoms with E-state index in [-0.39, 0.29) is 6.42 Å². The van der Waals surface area contributed by atoms with Gasteiger partial charge in [-0.05, 0) is 18.2 Å². The number of carbonyl (C=O) groups is 1. The third-order valence-electron chi connectivity index (χ3n) is 1.64. The van der Waals surface area contributed by atoms with E-state index in [9.17, 15) is 4.79 Å². The van der Waals surface area contributed by atoms with Crippen LogP contribution in [-0.2, 0) is 17.6 Å². The third-order valence-corrected chi connectivity index (χ3v) is 1.64. The molecular formula is C9H12N2O2. The molecule has 4 heteroatoms. The normalized spacial score (nSPS) is 9.92. The van der Waals surface area contributed by atoms with Gasteiger partial charge in [0.15, 0.2) is 0 Å². The highest BCUT2D eigenvalue weighted by Crippen LogP contribution is 2.01. The lowest BCUT2D eigenvalue weighted by atomic mass is 10.2. The predicted molar refractivity (Wildman–Crippen MR) is 48.3 cm³/mol. The molecule has 0 fully saturated rings. The fourth-order valence-electron chi connectivity index (χ4n) is 1.03. The predicted octanol–water partition coefficient (Wildman–Crippen LogP) is 0.210. The van der Waals surface area contributed by atoms with Crippen LogP contribution in [0.3, 0.4) is 0 Å². The minimum Gasteiger partial charge on any atom is -0.481 e. The second-order valence-corrected chi connectivity index (χ2v) is 2.77. The van der Waals surface area contributed by atoms with E-state index in [2.05, 4.69) is 4.98 Å². The van der Waals surface area contributed by atoms with Gasteiger partial charge in [0.05, 0.1) is 6.42 Å². The Balaban J connectivity index is 2.64. The lowest BCUT2D eigenvalue weighted by molar-refractivity contribution is -0.136. The lowest BCUT2D eigenvalue weighted by Crippen LogP contribution is -2.05. The van der Waals surface area contributed by atoms with Crippen molar-refractivity contribution in [3.8, 4) is 0 Å². The molecule has 0 saturated carbocycles. The van der Waals surface area contributed by atoms with Gasteiger partial charge in [0.25, 0.3) is 0 Å². The summed E-state index contributed by atoms with van der Waals surface area (Å²) >= 11 is 0. The second kappa shape index (κ2) is 4.57. The largest absolute Gasteiger partial charge is 0.481 e. The summed E-state index contributed by atoms with van der Waals surface area (Å²) in [5.74, 6) is -0.839. The van der Waals surface area contributed by atoms with Crippen LogP contribution in [-0.4, -0.2) is 22.6 Å². The summed E-state index contributed by atoms with van der Waals surface area (Å²) < 4.78 is 0. The zero-order valence-electron chi connectivity index (χ0n) is 7.23. The van der Waals surface area contributed by atoms with Crippen LogP contribution in [0.25, 0.3) is 0 Å². The van der Waals surface area contributed by atoms with Gasteiger partial charge in [0, 0.05) is 18.3 Å². The van der Waals surface area contributed by atoms with E-state index in [1.807, 2.05) is 6.07 Å². The van der Waals surface area contributed by atoms with Gasteiger partial charge in [-0.3, -0.25) is 9.78 Å². The minimum absolute atomic E-state index is 0.0237. The highest BCUT2D eigenvalue weighted by Gasteiger charge is 2.00. The molecule has 0 aliphatic heterocycles. The van der Waals surface area contributed by atoms with Crippen molar-refractivity contribution in [1.29, 1.82) is 0 Å². The van der Waals surface area contributed by atoms with Gasteiger partial charge in [-0.15, -0.1) is 0 Å². The van der Waals surface area contributed by atoms with E-state index in [4.69, 9.17) is 10.8 Å². The minimum atomic E-state index is -0.839. The van der Waals surface area contributed by atoms with Crippen LogP contribution in [0, 0.1) is 0 Å². The molecule has 0 atom stereocenters. The monoisotopic (exact) mass is 180 g/mol. The van der Waals surface area contributed by atoms with Crippen molar-refractivity contribution in [3.63, 3.8) is 0 Å². The van der Waals surface area contributed by atoms with Crippen molar-refractivity contribution in [2.45, 2.75) is 12.8 Å². The smallest absolute Gasteiger partial charge is 0.307 e. The molecule has 0 aromatic carbocycles. The first-order chi connectivity index (χ1) is 6.22. The first-order valence-electron chi connectivity index (χ1n) is 4.08. The van der Waals surface area contributed by atoms with Crippen molar-refractivity contribution in [2.24, 2.45) is 5.73 Å². The average Bonchev–Trinajstić information content (AvgIpc) is 2.08. The quantitative estimate of drug-likeness (QED) is 0.694. The number of nitrogens with zero attached hydrogens (tertiary/aromatic N) is 1. The fraction of sp³-hybridized carbons (Fsp3) is 0.333. The van der Waals surface area contributed by atoms with Crippen LogP contribution in [0.2, 0.25) is 0 Å². The zero-order valence-corrected chi connectivity index (χ0v) is 7.23. The Kier molecular flexibility index (Phi) is 3.40. The molecule has 1 rings (SSSR count). The van der Waals surface area contributed by atoms with Gasteiger partial charge in [-0.2, -0.15) is 0 Å². The molecule has 4 nitrogen and oxygen atoms in total. The molecule has 0 saturated heterocycles. The van der Waals surface area contributed by atoms with E-state index < -0.39 is 5.97 Å². The van der Waals surface area contributed by atoms with Gasteiger partial charge in [-0.25, -0.2) is 0 Å². The first kappa shape index (κ1) is 9.67. The number of carboxylic acid groups (broad SMARTS) is 1. The molecule has 1 aromatic rings. The van der Waals surface area contributed by atoms with Crippen molar-refractivity contribution in [3.05, 3.63) is 29.6 Å². The molecule has 0 amide bonds. The van der Waals surface area contributed by atoms with Crippen molar-refractivity contribution in [2.75, 3.05) is 6.54 Å². The molecule has 1 aromatic heterocycles. The number of aromatic nitrogens is 1. The van der Waals surface area contributed by atoms with Crippen LogP contribution < -0.4 is 5.73 Å². The maximum Gasteiger partial charge on any atom is 0.307 e. The van der Waals surface area contributed by atoms with Crippen LogP contribution in [0.1, 0.15) is 11.3 Å². The van der Waals surface area contributed by atoms with Crippen LogP contribution in [0.5, 0.6) is 0 Å². The summed E-state index contributed by atoms with van der Waals surface area (Å²) in [6.45, 7) is 0.561. The topological polar surface area (TPSA) is 76.2 Å². The molecule has 0 aliphatic rings. The summed E-state index contributed by atoms with van der Waals surface area (Å²) in [6, 6.07) is 3.58. The highest BCUT2D eigenvalue weighted by molar-refractivity contribution is 5.69. The van der Waals surface area contributed by atoms with Crippen LogP contribution in [0.15, 0.2) is 18.3 Å². The highest BCUT2D eigenvalue weighted by atomic mass is 16.4. The molecule has 0 bridgehead atoms. The van der Waals surface area contributed by atoms with E-state index >= 15 is 0 Å². The zero-order chi connectivity index (χ0) is 9.68. The number of carboxylic acids is 1. The molecule has 0 spiro atoms. The van der Waals surface area contributed by atoms with E-state index in [0.29, 0.717) is 12.1 Å². The number of pyridine rings is 1. The van der Waals surface area contributed by atoms with Crippen LogP contribution >= 0.6 is 0 Å². The van der Waals surface area contributed by atoms with Gasteiger partial charge >= 0.3 is 5.97 Å². The molecular weight excluding hydrogens is 168 g/mol. The molecule has 3 N–H and O–H groups in total. The van der Waals surface area contributed by atoms with E-state index in [1.165, 1.54) is 0 Å². The fourth-order valence-corrected chi connectivity index (χ4v) is 1.03. The van der Waals surface area contributed by atoms with E-state index in [1.54, 1.807) is 12.3 Å². The van der Waals surface area contributed by atoms with E-state index in [0.717, 1.165) is 12.1 Å². The molecule has 0 aliphatic carbocycles. The summed E-state index contributed by atoms with van der Waals surface area (Å²) in [7, 11) is 0. The summed E-state index contributed by atoms with van der Waals surface area (Å²) in [5, 5.41) is 8.49. The number of hydrogen-bond donors (Lipinski definition) is 2. The third kappa shape index (κ3) is 3.21. The average molecular weight is 180 g/mol. The second-order valence-electron chi connectivity index (χ2n) is 2.77. The van der Waals surface area contributed by atoms with Crippen LogP contribution in [0.4, 0.5) is 0 Å². The Hall–Kier alpha value is -1.42. The van der Waals surface area contributed by atoms with Gasteiger partial charge in [0.1, 0.15) is 0 Å². The number of nitrogens with two attached hydrogens (primary N) is 1. The molecule has 0 radical (unpaired) electrons. The van der Waals surface area contributed by atoms with Gasteiger partial charge in [0.2, 0.25) is 0 Å². The molecule has 13 heavy (non-hydrogen) atoms. The van der Waals surface area contributed by atoms with Gasteiger partial charge < -0.3 is 10.8 Å². The Morgan fingerprint density at radius 1 is 1.54 bits per heavy atom. The van der Waals surface area contributed by atoms with Crippen molar-refractivity contribution >= 4 is 5.97 Å². The molecule has 0 unspecified atom stereocenters. The summed E-state index contributed by atoms with van der Waals surface area (Å²) in [5.41, 5.74) is 6.96. The number of aliphatic carboxylic acids is 1. The maximum atomic E-state index is 10.3. The Labute approximate surface area is 76.4 Å². The lowest BCUT2D eigenvalue weighted by Gasteiger charge is -1.99. The Morgan fingerprint density at radius 2 is 2.31 bits per heavy atom. The Morgan fingerprint density at radius 3 is 2.77 bits per heavy atom. The van der Waals surface area contributed by atoms with Crippen molar-refractivity contribution in [1.82, 2.24) is 4.98 Å². The SMILES string of the molecule is NCCc1ccc(CC(=O)O)cn1. The number of hydrogen-bond acceptors (Lipinski definition) is 3. The summed E-state index contributed by atoms with van der Waals surface area (Å²) in [6.07, 6.45) is 2.34. The standard InChI is InChI=1S/C9H12N2O2/c10-4-3-8-2-1-7(6-11-8)5-9(12)13/h1-2,6H,3-5,10H2,(H,12,13).